The third kappa shape index (κ3) is 3.92. The molecule has 0 saturated heterocycles. The molecule has 0 aliphatic heterocycles. The first kappa shape index (κ1) is 20.0. The van der Waals surface area contributed by atoms with E-state index in [2.05, 4.69) is 19.9 Å². The van der Waals surface area contributed by atoms with Crippen LogP contribution >= 0.6 is 11.6 Å². The van der Waals surface area contributed by atoms with E-state index < -0.39 is 27.2 Å². The third-order valence-electron chi connectivity index (χ3n) is 4.01. The zero-order valence-electron chi connectivity index (χ0n) is 14.9. The van der Waals surface area contributed by atoms with Crippen molar-refractivity contribution in [3.05, 3.63) is 46.4 Å². The minimum Gasteiger partial charge on any atom is -0.479 e. The maximum atomic E-state index is 14.8. The standard InChI is InChI=1S/C17H16ClFN4O4S/c1-3-28(25,26)23-12-5-4-11(18)14(15(12)19)13(24)7-9-6-10-16(20-8-9)21-22-17(10)27-2/h4-6,8,23H,3,7H2,1-2H3,(H,20,21,22). The number of ether oxygens (including phenoxy) is 1. The van der Waals surface area contributed by atoms with Crippen molar-refractivity contribution in [3.8, 4) is 5.88 Å². The van der Waals surface area contributed by atoms with Crippen molar-refractivity contribution in [2.75, 3.05) is 17.6 Å². The highest BCUT2D eigenvalue weighted by atomic mass is 35.5. The molecule has 0 aliphatic carbocycles. The topological polar surface area (TPSA) is 114 Å². The second kappa shape index (κ2) is 7.72. The van der Waals surface area contributed by atoms with Crippen LogP contribution in [0.3, 0.4) is 0 Å². The Balaban J connectivity index is 1.94. The smallest absolute Gasteiger partial charge is 0.241 e. The van der Waals surface area contributed by atoms with Crippen LogP contribution in [-0.4, -0.2) is 42.2 Å². The normalized spacial score (nSPS) is 11.6. The van der Waals surface area contributed by atoms with Crippen molar-refractivity contribution >= 4 is 44.1 Å². The molecule has 0 amide bonds. The molecule has 0 fully saturated rings. The first-order valence-corrected chi connectivity index (χ1v) is 10.2. The number of benzene rings is 1. The highest BCUT2D eigenvalue weighted by Gasteiger charge is 2.22. The van der Waals surface area contributed by atoms with E-state index in [4.69, 9.17) is 16.3 Å². The Morgan fingerprint density at radius 2 is 2.14 bits per heavy atom. The molecular formula is C17H16ClFN4O4S. The van der Waals surface area contributed by atoms with Gasteiger partial charge in [0.05, 0.1) is 34.5 Å². The Hall–Kier alpha value is -2.72. The number of sulfonamides is 1. The summed E-state index contributed by atoms with van der Waals surface area (Å²) in [7, 11) is -2.26. The fourth-order valence-corrected chi connectivity index (χ4v) is 3.47. The highest BCUT2D eigenvalue weighted by Crippen LogP contribution is 2.28. The second-order valence-electron chi connectivity index (χ2n) is 5.86. The summed E-state index contributed by atoms with van der Waals surface area (Å²) in [5.41, 5.74) is 0.248. The molecule has 0 spiro atoms. The van der Waals surface area contributed by atoms with Crippen LogP contribution in [0, 0.1) is 5.82 Å². The molecule has 3 rings (SSSR count). The van der Waals surface area contributed by atoms with Crippen LogP contribution in [0.1, 0.15) is 22.8 Å². The summed E-state index contributed by atoms with van der Waals surface area (Å²) in [6.07, 6.45) is 1.26. The Labute approximate surface area is 165 Å². The summed E-state index contributed by atoms with van der Waals surface area (Å²) in [6.45, 7) is 1.41. The van der Waals surface area contributed by atoms with Crippen molar-refractivity contribution < 1.29 is 22.3 Å². The molecule has 148 valence electrons. The number of nitrogens with zero attached hydrogens (tertiary/aromatic N) is 2. The van der Waals surface area contributed by atoms with Crippen LogP contribution in [0.5, 0.6) is 5.88 Å². The highest BCUT2D eigenvalue weighted by molar-refractivity contribution is 7.92. The van der Waals surface area contributed by atoms with Gasteiger partial charge in [-0.15, -0.1) is 5.10 Å². The number of carbonyl (C=O) groups is 1. The van der Waals surface area contributed by atoms with Crippen molar-refractivity contribution in [1.82, 2.24) is 15.2 Å². The molecule has 0 atom stereocenters. The van der Waals surface area contributed by atoms with E-state index in [1.807, 2.05) is 0 Å². The van der Waals surface area contributed by atoms with Crippen LogP contribution in [0.2, 0.25) is 5.02 Å². The third-order valence-corrected chi connectivity index (χ3v) is 5.62. The molecular weight excluding hydrogens is 411 g/mol. The number of aromatic amines is 1. The number of Topliss-reactive ketones (excluding diaryl/α,β-unsaturated/α-hetero) is 1. The van der Waals surface area contributed by atoms with Crippen molar-refractivity contribution in [3.63, 3.8) is 0 Å². The van der Waals surface area contributed by atoms with Gasteiger partial charge in [0.25, 0.3) is 0 Å². The molecule has 11 heteroatoms. The number of fused-ring (bicyclic) bond motifs is 1. The number of H-pyrrole nitrogens is 1. The van der Waals surface area contributed by atoms with Gasteiger partial charge in [0.1, 0.15) is 0 Å². The number of halogens is 2. The Bertz CT molecular complexity index is 1160. The monoisotopic (exact) mass is 426 g/mol. The minimum absolute atomic E-state index is 0.114. The van der Waals surface area contributed by atoms with E-state index in [9.17, 15) is 17.6 Å². The fraction of sp³-hybridized carbons (Fsp3) is 0.235. The molecule has 0 aliphatic rings. The van der Waals surface area contributed by atoms with E-state index in [0.29, 0.717) is 22.5 Å². The van der Waals surface area contributed by atoms with Gasteiger partial charge in [0.2, 0.25) is 15.9 Å². The lowest BCUT2D eigenvalue weighted by Gasteiger charge is -2.11. The summed E-state index contributed by atoms with van der Waals surface area (Å²) >= 11 is 6.00. The van der Waals surface area contributed by atoms with Crippen LogP contribution in [0.25, 0.3) is 11.0 Å². The molecule has 0 radical (unpaired) electrons. The SMILES string of the molecule is CCS(=O)(=O)Nc1ccc(Cl)c(C(=O)Cc2cnc3[nH]nc(OC)c3c2)c1F. The van der Waals surface area contributed by atoms with E-state index in [-0.39, 0.29) is 22.9 Å². The number of pyridine rings is 1. The number of ketones is 1. The predicted molar refractivity (Wildman–Crippen MR) is 103 cm³/mol. The van der Waals surface area contributed by atoms with Gasteiger partial charge in [-0.05, 0) is 30.7 Å². The lowest BCUT2D eigenvalue weighted by molar-refractivity contribution is 0.0989. The van der Waals surface area contributed by atoms with Gasteiger partial charge in [0, 0.05) is 12.6 Å². The summed E-state index contributed by atoms with van der Waals surface area (Å²) in [5.74, 6) is -1.57. The number of methoxy groups -OCH3 is 1. The largest absolute Gasteiger partial charge is 0.479 e. The first-order chi connectivity index (χ1) is 13.3. The number of nitrogens with one attached hydrogen (secondary N) is 2. The summed E-state index contributed by atoms with van der Waals surface area (Å²) < 4.78 is 45.4. The molecule has 2 aromatic heterocycles. The van der Waals surface area contributed by atoms with Crippen LogP contribution in [0.4, 0.5) is 10.1 Å². The molecule has 3 aromatic rings. The number of aromatic nitrogens is 3. The maximum absolute atomic E-state index is 14.8. The minimum atomic E-state index is -3.71. The van der Waals surface area contributed by atoms with E-state index >= 15 is 0 Å². The maximum Gasteiger partial charge on any atom is 0.241 e. The van der Waals surface area contributed by atoms with E-state index in [1.165, 1.54) is 32.4 Å². The predicted octanol–water partition coefficient (Wildman–Crippen LogP) is 2.95. The molecule has 0 bridgehead atoms. The average molecular weight is 427 g/mol. The number of carbonyl (C=O) groups excluding carboxylic acids is 1. The van der Waals surface area contributed by atoms with Gasteiger partial charge in [-0.3, -0.25) is 14.6 Å². The Morgan fingerprint density at radius 3 is 2.82 bits per heavy atom. The molecule has 28 heavy (non-hydrogen) atoms. The fourth-order valence-electron chi connectivity index (χ4n) is 2.58. The van der Waals surface area contributed by atoms with Crippen molar-refractivity contribution in [2.24, 2.45) is 0 Å². The molecule has 8 nitrogen and oxygen atoms in total. The summed E-state index contributed by atoms with van der Waals surface area (Å²) in [6, 6.07) is 4.09. The number of rotatable bonds is 7. The Morgan fingerprint density at radius 1 is 1.39 bits per heavy atom. The van der Waals surface area contributed by atoms with Crippen molar-refractivity contribution in [1.29, 1.82) is 0 Å². The number of hydrogen-bond acceptors (Lipinski definition) is 6. The molecule has 2 heterocycles. The molecule has 0 saturated carbocycles. The van der Waals surface area contributed by atoms with E-state index in [1.54, 1.807) is 6.07 Å². The lowest BCUT2D eigenvalue weighted by atomic mass is 10.0. The van der Waals surface area contributed by atoms with Crippen LogP contribution < -0.4 is 9.46 Å². The number of hydrogen-bond donors (Lipinski definition) is 2. The molecule has 0 unspecified atom stereocenters. The quantitative estimate of drug-likeness (QED) is 0.561. The van der Waals surface area contributed by atoms with Crippen LogP contribution in [0.15, 0.2) is 24.4 Å². The summed E-state index contributed by atoms with van der Waals surface area (Å²) in [4.78, 5) is 16.8. The van der Waals surface area contributed by atoms with Gasteiger partial charge < -0.3 is 4.74 Å². The molecule has 2 N–H and O–H groups in total. The first-order valence-electron chi connectivity index (χ1n) is 8.14. The Kier molecular flexibility index (Phi) is 5.52. The van der Waals surface area contributed by atoms with Gasteiger partial charge in [0.15, 0.2) is 17.2 Å². The van der Waals surface area contributed by atoms with Gasteiger partial charge >= 0.3 is 0 Å². The van der Waals surface area contributed by atoms with Gasteiger partial charge in [-0.2, -0.15) is 0 Å². The second-order valence-corrected chi connectivity index (χ2v) is 8.28. The summed E-state index contributed by atoms with van der Waals surface area (Å²) in [5, 5.41) is 7.08. The zero-order valence-corrected chi connectivity index (χ0v) is 16.5. The van der Waals surface area contributed by atoms with Crippen LogP contribution in [-0.2, 0) is 16.4 Å². The lowest BCUT2D eigenvalue weighted by Crippen LogP contribution is -2.17. The molecule has 1 aromatic carbocycles. The number of anilines is 1. The zero-order chi connectivity index (χ0) is 20.5. The van der Waals surface area contributed by atoms with Gasteiger partial charge in [-0.25, -0.2) is 17.8 Å². The average Bonchev–Trinajstić information content (AvgIpc) is 3.06. The van der Waals surface area contributed by atoms with E-state index in [0.717, 1.165) is 0 Å². The van der Waals surface area contributed by atoms with Gasteiger partial charge in [-0.1, -0.05) is 11.6 Å². The van der Waals surface area contributed by atoms with Crippen molar-refractivity contribution in [2.45, 2.75) is 13.3 Å².